The fourth-order valence-corrected chi connectivity index (χ4v) is 2.66. The van der Waals surface area contributed by atoms with Crippen molar-refractivity contribution in [3.8, 4) is 0 Å². The van der Waals surface area contributed by atoms with Crippen LogP contribution in [0.2, 0.25) is 0 Å². The first-order chi connectivity index (χ1) is 8.43. The molecule has 0 saturated carbocycles. The van der Waals surface area contributed by atoms with E-state index in [1.165, 1.54) is 0 Å². The van der Waals surface area contributed by atoms with Crippen LogP contribution < -0.4 is 0 Å². The number of carbonyl (C=O) groups is 1. The Bertz CT molecular complexity index is 390. The zero-order valence-electron chi connectivity index (χ0n) is 11.5. The number of nitrogens with zero attached hydrogens (tertiary/aromatic N) is 2. The highest BCUT2D eigenvalue weighted by Crippen LogP contribution is 2.20. The number of carboxylic acid groups (broad SMARTS) is 1. The Labute approximate surface area is 113 Å². The molecule has 1 aromatic heterocycles. The largest absolute Gasteiger partial charge is 0.481 e. The van der Waals surface area contributed by atoms with Crippen molar-refractivity contribution in [2.45, 2.75) is 52.6 Å². The maximum atomic E-state index is 10.7. The summed E-state index contributed by atoms with van der Waals surface area (Å²) in [5.74, 6) is -0.294. The summed E-state index contributed by atoms with van der Waals surface area (Å²) in [4.78, 5) is 17.5. The Morgan fingerprint density at radius 2 is 2.17 bits per heavy atom. The quantitative estimate of drug-likeness (QED) is 0.827. The van der Waals surface area contributed by atoms with Crippen LogP contribution in [0.3, 0.4) is 0 Å². The topological polar surface area (TPSA) is 53.4 Å². The third-order valence-electron chi connectivity index (χ3n) is 2.93. The van der Waals surface area contributed by atoms with Gasteiger partial charge >= 0.3 is 5.97 Å². The second-order valence-corrected chi connectivity index (χ2v) is 5.73. The van der Waals surface area contributed by atoms with Crippen molar-refractivity contribution in [1.82, 2.24) is 9.88 Å². The van der Waals surface area contributed by atoms with Gasteiger partial charge in [0.1, 0.15) is 0 Å². The maximum absolute atomic E-state index is 10.7. The summed E-state index contributed by atoms with van der Waals surface area (Å²) < 4.78 is 0. The lowest BCUT2D eigenvalue weighted by molar-refractivity contribution is -0.138. The molecular formula is C13H22N2O2S. The van der Waals surface area contributed by atoms with Gasteiger partial charge in [0.15, 0.2) is 0 Å². The molecule has 1 atom stereocenters. The van der Waals surface area contributed by atoms with E-state index in [0.717, 1.165) is 23.8 Å². The highest BCUT2D eigenvalue weighted by Gasteiger charge is 2.17. The molecule has 0 amide bonds. The van der Waals surface area contributed by atoms with Gasteiger partial charge < -0.3 is 5.11 Å². The Morgan fingerprint density at radius 1 is 1.50 bits per heavy atom. The Morgan fingerprint density at radius 3 is 2.61 bits per heavy atom. The molecule has 0 radical (unpaired) electrons. The van der Waals surface area contributed by atoms with Crippen LogP contribution in [0.1, 0.15) is 50.7 Å². The zero-order valence-corrected chi connectivity index (χ0v) is 12.3. The van der Waals surface area contributed by atoms with E-state index in [4.69, 9.17) is 5.11 Å². The first-order valence-corrected chi connectivity index (χ1v) is 7.22. The minimum absolute atomic E-state index is 0.0386. The standard InChI is InChI=1S/C13H22N2O2S/c1-5-15(10(4)6-12(16)17)7-11-8-18-13(14-11)9(2)3/h8-10H,5-7H2,1-4H3,(H,16,17). The predicted molar refractivity (Wildman–Crippen MR) is 74.0 cm³/mol. The third-order valence-corrected chi connectivity index (χ3v) is 4.12. The number of aromatic nitrogens is 1. The number of rotatable bonds is 7. The van der Waals surface area contributed by atoms with Crippen LogP contribution >= 0.6 is 11.3 Å². The van der Waals surface area contributed by atoms with Gasteiger partial charge in [-0.15, -0.1) is 11.3 Å². The average Bonchev–Trinajstić information content (AvgIpc) is 2.73. The van der Waals surface area contributed by atoms with E-state index in [0.29, 0.717) is 5.92 Å². The van der Waals surface area contributed by atoms with Gasteiger partial charge in [0.05, 0.1) is 17.1 Å². The van der Waals surface area contributed by atoms with Crippen LogP contribution in [-0.4, -0.2) is 33.5 Å². The van der Waals surface area contributed by atoms with Crippen LogP contribution in [0.15, 0.2) is 5.38 Å². The summed E-state index contributed by atoms with van der Waals surface area (Å²) in [5, 5.41) is 12.1. The summed E-state index contributed by atoms with van der Waals surface area (Å²) in [6.45, 7) is 9.83. The van der Waals surface area contributed by atoms with Crippen molar-refractivity contribution >= 4 is 17.3 Å². The molecule has 0 saturated heterocycles. The van der Waals surface area contributed by atoms with Crippen LogP contribution in [0.4, 0.5) is 0 Å². The van der Waals surface area contributed by atoms with E-state index < -0.39 is 5.97 Å². The van der Waals surface area contributed by atoms with E-state index in [-0.39, 0.29) is 12.5 Å². The maximum Gasteiger partial charge on any atom is 0.304 e. The molecule has 1 N–H and O–H groups in total. The lowest BCUT2D eigenvalue weighted by Crippen LogP contribution is -2.34. The molecule has 0 aliphatic heterocycles. The summed E-state index contributed by atoms with van der Waals surface area (Å²) in [5.41, 5.74) is 1.04. The van der Waals surface area contributed by atoms with E-state index in [1.54, 1.807) is 11.3 Å². The molecule has 1 heterocycles. The molecule has 4 nitrogen and oxygen atoms in total. The van der Waals surface area contributed by atoms with E-state index in [9.17, 15) is 4.79 Å². The summed E-state index contributed by atoms with van der Waals surface area (Å²) in [7, 11) is 0. The molecule has 1 aromatic rings. The summed E-state index contributed by atoms with van der Waals surface area (Å²) >= 11 is 1.68. The van der Waals surface area contributed by atoms with Gasteiger partial charge in [0.2, 0.25) is 0 Å². The molecular weight excluding hydrogens is 248 g/mol. The number of aliphatic carboxylic acids is 1. The highest BCUT2D eigenvalue weighted by molar-refractivity contribution is 7.09. The SMILES string of the molecule is CCN(Cc1csc(C(C)C)n1)C(C)CC(=O)O. The third kappa shape index (κ3) is 4.38. The molecule has 0 aliphatic carbocycles. The Hall–Kier alpha value is -0.940. The van der Waals surface area contributed by atoms with Gasteiger partial charge in [-0.1, -0.05) is 20.8 Å². The molecule has 0 aliphatic rings. The summed E-state index contributed by atoms with van der Waals surface area (Å²) in [6.07, 6.45) is 0.176. The molecule has 0 fully saturated rings. The first-order valence-electron chi connectivity index (χ1n) is 6.34. The fourth-order valence-electron chi connectivity index (χ4n) is 1.83. The van der Waals surface area contributed by atoms with Gasteiger partial charge in [0, 0.05) is 23.9 Å². The molecule has 102 valence electrons. The molecule has 0 aromatic carbocycles. The van der Waals surface area contributed by atoms with Crippen LogP contribution in [0, 0.1) is 0 Å². The van der Waals surface area contributed by atoms with E-state index in [1.807, 2.05) is 13.8 Å². The van der Waals surface area contributed by atoms with Crippen molar-refractivity contribution in [2.24, 2.45) is 0 Å². The van der Waals surface area contributed by atoms with Crippen LogP contribution in [-0.2, 0) is 11.3 Å². The minimum atomic E-state index is -0.748. The fraction of sp³-hybridized carbons (Fsp3) is 0.692. The minimum Gasteiger partial charge on any atom is -0.481 e. The molecule has 18 heavy (non-hydrogen) atoms. The second-order valence-electron chi connectivity index (χ2n) is 4.84. The van der Waals surface area contributed by atoms with Gasteiger partial charge in [-0.2, -0.15) is 0 Å². The van der Waals surface area contributed by atoms with Crippen molar-refractivity contribution < 1.29 is 9.90 Å². The normalized spacial score (nSPS) is 13.2. The average molecular weight is 270 g/mol. The van der Waals surface area contributed by atoms with Gasteiger partial charge in [0.25, 0.3) is 0 Å². The Balaban J connectivity index is 2.64. The number of carboxylic acids is 1. The number of hydrogen-bond acceptors (Lipinski definition) is 4. The molecule has 1 unspecified atom stereocenters. The lowest BCUT2D eigenvalue weighted by Gasteiger charge is -2.25. The van der Waals surface area contributed by atoms with Crippen molar-refractivity contribution in [3.05, 3.63) is 16.1 Å². The number of thiazole rings is 1. The monoisotopic (exact) mass is 270 g/mol. The number of hydrogen-bond donors (Lipinski definition) is 1. The van der Waals surface area contributed by atoms with E-state index in [2.05, 4.69) is 29.1 Å². The van der Waals surface area contributed by atoms with Gasteiger partial charge in [-0.05, 0) is 13.5 Å². The van der Waals surface area contributed by atoms with Gasteiger partial charge in [-0.3, -0.25) is 9.69 Å². The molecule has 0 bridgehead atoms. The smallest absolute Gasteiger partial charge is 0.304 e. The highest BCUT2D eigenvalue weighted by atomic mass is 32.1. The Kier molecular flexibility index (Phi) is 5.75. The van der Waals surface area contributed by atoms with Crippen LogP contribution in [0.5, 0.6) is 0 Å². The lowest BCUT2D eigenvalue weighted by atomic mass is 10.2. The van der Waals surface area contributed by atoms with Crippen molar-refractivity contribution in [2.75, 3.05) is 6.54 Å². The van der Waals surface area contributed by atoms with Crippen molar-refractivity contribution in [1.29, 1.82) is 0 Å². The first kappa shape index (κ1) is 15.1. The van der Waals surface area contributed by atoms with Crippen molar-refractivity contribution in [3.63, 3.8) is 0 Å². The van der Waals surface area contributed by atoms with E-state index >= 15 is 0 Å². The predicted octanol–water partition coefficient (Wildman–Crippen LogP) is 2.95. The molecule has 1 rings (SSSR count). The van der Waals surface area contributed by atoms with Crippen LogP contribution in [0.25, 0.3) is 0 Å². The summed E-state index contributed by atoms with van der Waals surface area (Å²) in [6, 6.07) is 0.0386. The molecule has 0 spiro atoms. The van der Waals surface area contributed by atoms with Gasteiger partial charge in [-0.25, -0.2) is 4.98 Å². The zero-order chi connectivity index (χ0) is 13.7. The molecule has 5 heteroatoms. The second kappa shape index (κ2) is 6.85.